The molecule has 2 aliphatic heterocycles. The van der Waals surface area contributed by atoms with Crippen molar-refractivity contribution in [2.45, 2.75) is 50.4 Å². The van der Waals surface area contributed by atoms with Crippen molar-refractivity contribution in [3.8, 4) is 0 Å². The molecule has 0 N–H and O–H groups in total. The van der Waals surface area contributed by atoms with Crippen molar-refractivity contribution in [2.75, 3.05) is 5.75 Å². The first-order chi connectivity index (χ1) is 15.0. The molecule has 0 bridgehead atoms. The van der Waals surface area contributed by atoms with E-state index in [2.05, 4.69) is 36.2 Å². The van der Waals surface area contributed by atoms with E-state index in [1.807, 2.05) is 43.0 Å². The number of hydrogen-bond donors (Lipinski definition) is 0. The van der Waals surface area contributed by atoms with Crippen LogP contribution in [0, 0.1) is 0 Å². The van der Waals surface area contributed by atoms with Gasteiger partial charge in [0.2, 0.25) is 0 Å². The smallest absolute Gasteiger partial charge is 0.322 e. The van der Waals surface area contributed by atoms with Gasteiger partial charge in [-0.15, -0.1) is 5.17 Å². The average Bonchev–Trinajstić information content (AvgIpc) is 3.09. The monoisotopic (exact) mass is 476 g/mol. The van der Waals surface area contributed by atoms with Crippen molar-refractivity contribution in [1.29, 1.82) is 0 Å². The first-order valence-corrected chi connectivity index (χ1v) is 12.3. The second-order valence-corrected chi connectivity index (χ2v) is 10.1. The van der Waals surface area contributed by atoms with Crippen LogP contribution in [0.5, 0.6) is 0 Å². The predicted octanol–water partition coefficient (Wildman–Crippen LogP) is 6.76. The minimum absolute atomic E-state index is 0.0668. The van der Waals surface area contributed by atoms with Crippen LogP contribution in [-0.2, 0) is 9.63 Å². The lowest BCUT2D eigenvalue weighted by Gasteiger charge is -2.41. The van der Waals surface area contributed by atoms with Gasteiger partial charge in [0.15, 0.2) is 0 Å². The Labute approximate surface area is 198 Å². The third kappa shape index (κ3) is 4.47. The largest absolute Gasteiger partial charge is 0.329 e. The molecule has 31 heavy (non-hydrogen) atoms. The molecule has 4 nitrogen and oxygen atoms in total. The zero-order valence-electron chi connectivity index (χ0n) is 17.6. The molecular weight excluding hydrogens is 451 g/mol. The predicted molar refractivity (Wildman–Crippen MR) is 129 cm³/mol. The number of carbonyl (C=O) groups is 1. The van der Waals surface area contributed by atoms with Crippen molar-refractivity contribution < 1.29 is 9.63 Å². The summed E-state index contributed by atoms with van der Waals surface area (Å²) in [6.07, 6.45) is 3.57. The molecule has 2 aromatic rings. The third-order valence-electron chi connectivity index (χ3n) is 6.08. The molecule has 1 saturated heterocycles. The Bertz CT molecular complexity index is 963. The van der Waals surface area contributed by atoms with Crippen LogP contribution in [0.4, 0.5) is 0 Å². The van der Waals surface area contributed by atoms with Crippen LogP contribution in [0.2, 0.25) is 10.0 Å². The number of rotatable bonds is 6. The van der Waals surface area contributed by atoms with Crippen molar-refractivity contribution in [2.24, 2.45) is 0 Å². The number of hydrogen-bond acceptors (Lipinski definition) is 5. The highest BCUT2D eigenvalue weighted by Crippen LogP contribution is 2.47. The Balaban J connectivity index is 1.81. The number of nitrogens with zero attached hydrogens (tertiary/aromatic N) is 2. The fourth-order valence-electron chi connectivity index (χ4n) is 4.60. The lowest BCUT2D eigenvalue weighted by molar-refractivity contribution is -0.246. The summed E-state index contributed by atoms with van der Waals surface area (Å²) in [5.41, 5.74) is 4.30. The number of carbonyl (C=O) groups excluding carboxylic acids is 1. The highest BCUT2D eigenvalue weighted by molar-refractivity contribution is 8.00. The van der Waals surface area contributed by atoms with Gasteiger partial charge in [-0.3, -0.25) is 4.79 Å². The summed E-state index contributed by atoms with van der Waals surface area (Å²) in [7, 11) is 0. The molecule has 2 aromatic carbocycles. The van der Waals surface area contributed by atoms with Crippen molar-refractivity contribution in [3.63, 3.8) is 0 Å². The Morgan fingerprint density at radius 3 is 2.55 bits per heavy atom. The maximum atomic E-state index is 11.5. The molecule has 1 fully saturated rings. The number of allylic oxidation sites excluding steroid dienone is 1. The van der Waals surface area contributed by atoms with Crippen LogP contribution in [0.3, 0.4) is 0 Å². The molecule has 0 amide bonds. The Morgan fingerprint density at radius 2 is 1.90 bits per heavy atom. The van der Waals surface area contributed by atoms with Gasteiger partial charge in [-0.2, -0.15) is 16.8 Å². The third-order valence-corrected chi connectivity index (χ3v) is 8.27. The van der Waals surface area contributed by atoms with Gasteiger partial charge in [-0.25, -0.2) is 0 Å². The molecular formula is C24H26Cl2N2O2S. The Hall–Kier alpha value is -1.66. The Kier molecular flexibility index (Phi) is 7.17. The highest BCUT2D eigenvalue weighted by Gasteiger charge is 2.46. The van der Waals surface area contributed by atoms with Crippen LogP contribution in [0.15, 0.2) is 54.2 Å². The summed E-state index contributed by atoms with van der Waals surface area (Å²) in [4.78, 5) is 17.0. The highest BCUT2D eigenvalue weighted by atomic mass is 35.5. The average molecular weight is 477 g/mol. The molecule has 164 valence electrons. The molecule has 0 saturated carbocycles. The van der Waals surface area contributed by atoms with Gasteiger partial charge in [0.05, 0.1) is 27.8 Å². The zero-order valence-corrected chi connectivity index (χ0v) is 20.0. The molecule has 3 atom stereocenters. The van der Waals surface area contributed by atoms with Gasteiger partial charge in [-0.05, 0) is 55.7 Å². The quantitative estimate of drug-likeness (QED) is 0.430. The van der Waals surface area contributed by atoms with E-state index in [0.717, 1.165) is 29.0 Å². The zero-order chi connectivity index (χ0) is 22.0. The Morgan fingerprint density at radius 1 is 1.13 bits per heavy atom. The summed E-state index contributed by atoms with van der Waals surface area (Å²) in [5, 5.41) is 5.30. The molecule has 0 aliphatic carbocycles. The summed E-state index contributed by atoms with van der Waals surface area (Å²) in [6, 6.07) is 16.1. The molecule has 0 aromatic heterocycles. The molecule has 2 aliphatic rings. The SMILES string of the molecule is CC1=C(c2ccccc2)C(C2CCCCS2)N(C(C)c2ccc(Cl)c(Cl)c2)N1OC=O. The summed E-state index contributed by atoms with van der Waals surface area (Å²) in [6.45, 7) is 4.63. The maximum Gasteiger partial charge on any atom is 0.322 e. The van der Waals surface area contributed by atoms with Crippen molar-refractivity contribution in [1.82, 2.24) is 10.2 Å². The maximum absolute atomic E-state index is 11.5. The van der Waals surface area contributed by atoms with E-state index in [1.54, 1.807) is 5.17 Å². The van der Waals surface area contributed by atoms with E-state index in [-0.39, 0.29) is 12.1 Å². The van der Waals surface area contributed by atoms with Crippen LogP contribution in [0.25, 0.3) is 5.57 Å². The second kappa shape index (κ2) is 9.86. The summed E-state index contributed by atoms with van der Waals surface area (Å²) < 4.78 is 0. The first-order valence-electron chi connectivity index (χ1n) is 10.5. The van der Waals surface area contributed by atoms with E-state index in [9.17, 15) is 4.79 Å². The molecule has 0 spiro atoms. The topological polar surface area (TPSA) is 32.8 Å². The number of hydrazine groups is 1. The second-order valence-electron chi connectivity index (χ2n) is 7.92. The molecule has 4 rings (SSSR count). The standard InChI is InChI=1S/C24H26Cl2N2O2S/c1-16(19-11-12-20(25)21(26)14-19)27-24(22-10-6-7-13-31-22)23(17(2)28(27)30-15-29)18-8-4-3-5-9-18/h3-5,8-9,11-12,14-16,22,24H,6-7,10,13H2,1-2H3. The normalized spacial score (nSPS) is 23.2. The van der Waals surface area contributed by atoms with Crippen LogP contribution >= 0.6 is 35.0 Å². The van der Waals surface area contributed by atoms with E-state index in [4.69, 9.17) is 28.0 Å². The first kappa shape index (κ1) is 22.5. The van der Waals surface area contributed by atoms with Gasteiger partial charge >= 0.3 is 6.47 Å². The number of halogens is 2. The van der Waals surface area contributed by atoms with Gasteiger partial charge in [0.25, 0.3) is 0 Å². The lowest BCUT2D eigenvalue weighted by Crippen LogP contribution is -2.48. The van der Waals surface area contributed by atoms with Crippen molar-refractivity contribution >= 4 is 47.0 Å². The van der Waals surface area contributed by atoms with Gasteiger partial charge < -0.3 is 4.84 Å². The fraction of sp³-hybridized carbons (Fsp3) is 0.375. The minimum Gasteiger partial charge on any atom is -0.329 e. The lowest BCUT2D eigenvalue weighted by atomic mass is 9.92. The van der Waals surface area contributed by atoms with E-state index in [0.29, 0.717) is 21.8 Å². The number of thioether (sulfide) groups is 1. The van der Waals surface area contributed by atoms with Crippen LogP contribution in [0.1, 0.15) is 50.3 Å². The fourth-order valence-corrected chi connectivity index (χ4v) is 6.36. The van der Waals surface area contributed by atoms with E-state index in [1.165, 1.54) is 18.4 Å². The molecule has 3 unspecified atom stereocenters. The van der Waals surface area contributed by atoms with Crippen LogP contribution < -0.4 is 0 Å². The number of benzene rings is 2. The summed E-state index contributed by atoms with van der Waals surface area (Å²) in [5.74, 6) is 1.14. The minimum atomic E-state index is -0.0848. The molecule has 7 heteroatoms. The van der Waals surface area contributed by atoms with Crippen LogP contribution in [-0.4, -0.2) is 33.7 Å². The van der Waals surface area contributed by atoms with Gasteiger partial charge in [0.1, 0.15) is 0 Å². The number of hydroxylamine groups is 1. The summed E-state index contributed by atoms with van der Waals surface area (Å²) >= 11 is 14.5. The van der Waals surface area contributed by atoms with E-state index < -0.39 is 0 Å². The van der Waals surface area contributed by atoms with E-state index >= 15 is 0 Å². The molecule has 2 heterocycles. The van der Waals surface area contributed by atoms with Gasteiger partial charge in [-0.1, -0.05) is 66.0 Å². The van der Waals surface area contributed by atoms with Gasteiger partial charge in [0, 0.05) is 10.8 Å². The van der Waals surface area contributed by atoms with Crippen molar-refractivity contribution in [3.05, 3.63) is 75.4 Å². The molecule has 0 radical (unpaired) electrons.